The summed E-state index contributed by atoms with van der Waals surface area (Å²) in [7, 11) is 0. The Morgan fingerprint density at radius 2 is 1.70 bits per heavy atom. The zero-order chi connectivity index (χ0) is 21.3. The van der Waals surface area contributed by atoms with E-state index in [4.69, 9.17) is 9.47 Å². The van der Waals surface area contributed by atoms with Crippen LogP contribution in [0.4, 0.5) is 5.69 Å². The highest BCUT2D eigenvalue weighted by molar-refractivity contribution is 5.89. The highest BCUT2D eigenvalue weighted by atomic mass is 16.7. The highest BCUT2D eigenvalue weighted by Crippen LogP contribution is 2.17. The average Bonchev–Trinajstić information content (AvgIpc) is 2.78. The third-order valence-electron chi connectivity index (χ3n) is 5.51. The van der Waals surface area contributed by atoms with Gasteiger partial charge in [0.15, 0.2) is 0 Å². The molecule has 0 saturated carbocycles. The van der Waals surface area contributed by atoms with Gasteiger partial charge in [-0.25, -0.2) is 4.79 Å². The van der Waals surface area contributed by atoms with E-state index in [1.165, 1.54) is 51.4 Å². The topological polar surface area (TPSA) is 47.6 Å². The van der Waals surface area contributed by atoms with E-state index in [1.807, 2.05) is 24.3 Å². The molecule has 168 valence electrons. The van der Waals surface area contributed by atoms with Crippen molar-refractivity contribution in [3.8, 4) is 0 Å². The molecule has 2 rings (SSSR count). The summed E-state index contributed by atoms with van der Waals surface area (Å²) in [6.07, 6.45) is 20.2. The molecule has 0 bridgehead atoms. The summed E-state index contributed by atoms with van der Waals surface area (Å²) in [6.45, 7) is 3.87. The molecule has 1 atom stereocenters. The van der Waals surface area contributed by atoms with Gasteiger partial charge in [-0.1, -0.05) is 57.6 Å². The molecule has 1 saturated heterocycles. The van der Waals surface area contributed by atoms with E-state index < -0.39 is 0 Å². The lowest BCUT2D eigenvalue weighted by atomic mass is 10.1. The minimum atomic E-state index is -0.386. The molecule has 1 aliphatic heterocycles. The van der Waals surface area contributed by atoms with E-state index in [9.17, 15) is 4.79 Å². The molecular weight excluding hydrogens is 374 g/mol. The minimum absolute atomic E-state index is 0.306. The minimum Gasteiger partial charge on any atom is -0.432 e. The molecule has 4 nitrogen and oxygen atoms in total. The fourth-order valence-electron chi connectivity index (χ4n) is 3.62. The summed E-state index contributed by atoms with van der Waals surface area (Å²) >= 11 is 0. The SMILES string of the molecule is CCCCCCCCCC=CCCCNc1ccc(C(=O)OC2CCCCO2)cc1. The van der Waals surface area contributed by atoms with Crippen LogP contribution in [-0.2, 0) is 9.47 Å². The lowest BCUT2D eigenvalue weighted by Crippen LogP contribution is -2.25. The standard InChI is InChI=1S/C26H41NO3/c1-2-3-4-5-6-7-8-9-10-11-12-14-21-27-24-19-17-23(18-20-24)26(28)30-25-16-13-15-22-29-25/h10-11,17-20,25,27H,2-9,12-16,21-22H2,1H3. The van der Waals surface area contributed by atoms with Gasteiger partial charge in [-0.05, 0) is 62.8 Å². The smallest absolute Gasteiger partial charge is 0.340 e. The van der Waals surface area contributed by atoms with E-state index in [-0.39, 0.29) is 12.3 Å². The molecule has 1 fully saturated rings. The Labute approximate surface area is 183 Å². The Hall–Kier alpha value is -1.81. The van der Waals surface area contributed by atoms with E-state index in [1.54, 1.807) is 0 Å². The molecule has 0 radical (unpaired) electrons. The fourth-order valence-corrected chi connectivity index (χ4v) is 3.62. The van der Waals surface area contributed by atoms with Gasteiger partial charge in [0.25, 0.3) is 0 Å². The van der Waals surface area contributed by atoms with Crippen molar-refractivity contribution in [2.24, 2.45) is 0 Å². The van der Waals surface area contributed by atoms with Crippen molar-refractivity contribution in [2.75, 3.05) is 18.5 Å². The Morgan fingerprint density at radius 1 is 1.00 bits per heavy atom. The molecule has 0 spiro atoms. The quantitative estimate of drug-likeness (QED) is 0.186. The van der Waals surface area contributed by atoms with E-state index in [2.05, 4.69) is 24.4 Å². The number of carbonyl (C=O) groups is 1. The number of esters is 1. The van der Waals surface area contributed by atoms with Crippen LogP contribution in [0.2, 0.25) is 0 Å². The summed E-state index contributed by atoms with van der Waals surface area (Å²) in [4.78, 5) is 12.2. The van der Waals surface area contributed by atoms with Gasteiger partial charge in [-0.2, -0.15) is 0 Å². The maximum Gasteiger partial charge on any atom is 0.340 e. The van der Waals surface area contributed by atoms with Crippen molar-refractivity contribution in [1.82, 2.24) is 0 Å². The van der Waals surface area contributed by atoms with Crippen LogP contribution in [0.3, 0.4) is 0 Å². The number of nitrogens with one attached hydrogen (secondary N) is 1. The monoisotopic (exact) mass is 415 g/mol. The number of benzene rings is 1. The van der Waals surface area contributed by atoms with Crippen molar-refractivity contribution in [3.63, 3.8) is 0 Å². The van der Waals surface area contributed by atoms with Gasteiger partial charge < -0.3 is 14.8 Å². The van der Waals surface area contributed by atoms with Crippen molar-refractivity contribution >= 4 is 11.7 Å². The molecule has 0 aliphatic carbocycles. The van der Waals surface area contributed by atoms with Crippen molar-refractivity contribution in [1.29, 1.82) is 0 Å². The van der Waals surface area contributed by atoms with Crippen molar-refractivity contribution in [3.05, 3.63) is 42.0 Å². The van der Waals surface area contributed by atoms with Crippen molar-refractivity contribution in [2.45, 2.75) is 96.7 Å². The molecule has 0 amide bonds. The fraction of sp³-hybridized carbons (Fsp3) is 0.654. The maximum absolute atomic E-state index is 12.2. The molecular formula is C26H41NO3. The first kappa shape index (κ1) is 24.5. The Bertz CT molecular complexity index is 591. The zero-order valence-electron chi connectivity index (χ0n) is 18.9. The predicted octanol–water partition coefficient (Wildman–Crippen LogP) is 7.26. The number of rotatable bonds is 15. The lowest BCUT2D eigenvalue weighted by Gasteiger charge is -2.22. The molecule has 4 heteroatoms. The van der Waals surface area contributed by atoms with Crippen LogP contribution in [-0.4, -0.2) is 25.4 Å². The van der Waals surface area contributed by atoms with E-state index in [0.29, 0.717) is 12.2 Å². The van der Waals surface area contributed by atoms with E-state index >= 15 is 0 Å². The molecule has 1 aromatic rings. The number of hydrogen-bond donors (Lipinski definition) is 1. The second-order valence-electron chi connectivity index (χ2n) is 8.23. The van der Waals surface area contributed by atoms with Crippen LogP contribution in [0.15, 0.2) is 36.4 Å². The molecule has 1 aromatic carbocycles. The molecule has 1 unspecified atom stereocenters. The zero-order valence-corrected chi connectivity index (χ0v) is 18.9. The van der Waals surface area contributed by atoms with Gasteiger partial charge >= 0.3 is 5.97 Å². The number of carbonyl (C=O) groups excluding carboxylic acids is 1. The summed E-state index contributed by atoms with van der Waals surface area (Å²) < 4.78 is 10.9. The van der Waals surface area contributed by atoms with Gasteiger partial charge in [0.1, 0.15) is 0 Å². The second-order valence-corrected chi connectivity index (χ2v) is 8.23. The van der Waals surface area contributed by atoms with Crippen LogP contribution in [0, 0.1) is 0 Å². The number of ether oxygens (including phenoxy) is 2. The molecule has 30 heavy (non-hydrogen) atoms. The first-order chi connectivity index (χ1) is 14.8. The lowest BCUT2D eigenvalue weighted by molar-refractivity contribution is -0.130. The van der Waals surface area contributed by atoms with Gasteiger partial charge in [0.05, 0.1) is 12.2 Å². The van der Waals surface area contributed by atoms with Gasteiger partial charge in [0, 0.05) is 18.7 Å². The average molecular weight is 416 g/mol. The predicted molar refractivity (Wildman–Crippen MR) is 125 cm³/mol. The van der Waals surface area contributed by atoms with E-state index in [0.717, 1.165) is 44.3 Å². The Balaban J connectivity index is 1.49. The van der Waals surface area contributed by atoms with Gasteiger partial charge in [0.2, 0.25) is 6.29 Å². The van der Waals surface area contributed by atoms with Crippen LogP contribution >= 0.6 is 0 Å². The second kappa shape index (κ2) is 16.0. The third-order valence-corrected chi connectivity index (χ3v) is 5.51. The third kappa shape index (κ3) is 10.8. The first-order valence-corrected chi connectivity index (χ1v) is 12.1. The highest BCUT2D eigenvalue weighted by Gasteiger charge is 2.19. The number of hydrogen-bond acceptors (Lipinski definition) is 4. The van der Waals surface area contributed by atoms with Crippen LogP contribution in [0.5, 0.6) is 0 Å². The molecule has 0 aromatic heterocycles. The summed E-state index contributed by atoms with van der Waals surface area (Å²) in [5.74, 6) is -0.306. The number of allylic oxidation sites excluding steroid dienone is 2. The molecule has 1 N–H and O–H groups in total. The molecule has 1 aliphatic rings. The largest absolute Gasteiger partial charge is 0.432 e. The Kier molecular flexibility index (Phi) is 13.0. The maximum atomic E-state index is 12.2. The van der Waals surface area contributed by atoms with Crippen LogP contribution < -0.4 is 5.32 Å². The molecule has 1 heterocycles. The first-order valence-electron chi connectivity index (χ1n) is 12.1. The number of anilines is 1. The summed E-state index contributed by atoms with van der Waals surface area (Å²) in [5, 5.41) is 3.42. The van der Waals surface area contributed by atoms with Gasteiger partial charge in [-0.15, -0.1) is 0 Å². The van der Waals surface area contributed by atoms with Crippen molar-refractivity contribution < 1.29 is 14.3 Å². The number of unbranched alkanes of at least 4 members (excludes halogenated alkanes) is 8. The van der Waals surface area contributed by atoms with Crippen LogP contribution in [0.25, 0.3) is 0 Å². The van der Waals surface area contributed by atoms with Crippen LogP contribution in [0.1, 0.15) is 101 Å². The van der Waals surface area contributed by atoms with Gasteiger partial charge in [-0.3, -0.25) is 0 Å². The summed E-state index contributed by atoms with van der Waals surface area (Å²) in [5.41, 5.74) is 1.61. The normalized spacial score (nSPS) is 16.6. The Morgan fingerprint density at radius 3 is 2.40 bits per heavy atom. The summed E-state index contributed by atoms with van der Waals surface area (Å²) in [6, 6.07) is 7.51.